The largest absolute Gasteiger partial charge is 0.430 e. The smallest absolute Gasteiger partial charge is 0.349 e. The fraction of sp³-hybridized carbons (Fsp3) is 0.438. The third kappa shape index (κ3) is 6.80. The summed E-state index contributed by atoms with van der Waals surface area (Å²) in [6, 6.07) is 9.00. The molecule has 0 spiro atoms. The number of alkyl halides is 6. The zero-order chi connectivity index (χ0) is 34.3. The second-order valence-electron chi connectivity index (χ2n) is 11.7. The normalized spacial score (nSPS) is 21.5. The van der Waals surface area contributed by atoms with Crippen LogP contribution in [-0.2, 0) is 31.5 Å². The van der Waals surface area contributed by atoms with Crippen LogP contribution in [0.15, 0.2) is 71.6 Å². The molecule has 1 heterocycles. The fourth-order valence-electron chi connectivity index (χ4n) is 6.63. The Morgan fingerprint density at radius 1 is 0.792 bits per heavy atom. The predicted octanol–water partition coefficient (Wildman–Crippen LogP) is 7.58. The second kappa shape index (κ2) is 14.2. The average Bonchev–Trinajstić information content (AvgIpc) is 3.02. The summed E-state index contributed by atoms with van der Waals surface area (Å²) in [5.41, 5.74) is -7.66. The van der Waals surface area contributed by atoms with Crippen molar-refractivity contribution in [3.05, 3.63) is 101 Å². The van der Waals surface area contributed by atoms with Gasteiger partial charge in [0.2, 0.25) is 0 Å². The van der Waals surface area contributed by atoms with E-state index in [4.69, 9.17) is 0 Å². The van der Waals surface area contributed by atoms with Gasteiger partial charge in [-0.1, -0.05) is 30.3 Å². The molecule has 1 aliphatic carbocycles. The highest BCUT2D eigenvalue weighted by molar-refractivity contribution is 7.92. The zero-order valence-electron chi connectivity index (χ0n) is 25.2. The molecule has 2 aliphatic rings. The van der Waals surface area contributed by atoms with E-state index < -0.39 is 67.7 Å². The number of ether oxygens (including phenoxy) is 1. The van der Waals surface area contributed by atoms with Gasteiger partial charge in [-0.15, -0.1) is 12.4 Å². The molecule has 48 heavy (non-hydrogen) atoms. The van der Waals surface area contributed by atoms with Gasteiger partial charge < -0.3 is 10.1 Å². The van der Waals surface area contributed by atoms with Crippen molar-refractivity contribution in [3.63, 3.8) is 0 Å². The van der Waals surface area contributed by atoms with Crippen molar-refractivity contribution >= 4 is 22.2 Å². The van der Waals surface area contributed by atoms with Gasteiger partial charge in [0.1, 0.15) is 22.2 Å². The molecule has 16 heteroatoms. The Bertz CT molecular complexity index is 1620. The van der Waals surface area contributed by atoms with Crippen LogP contribution < -0.4 is 5.32 Å². The van der Waals surface area contributed by atoms with Crippen LogP contribution in [0.25, 0.3) is 0 Å². The van der Waals surface area contributed by atoms with Gasteiger partial charge in [0.25, 0.3) is 5.60 Å². The Kier molecular flexibility index (Phi) is 11.2. The number of rotatable bonds is 8. The van der Waals surface area contributed by atoms with Gasteiger partial charge in [0, 0.05) is 43.3 Å². The third-order valence-corrected chi connectivity index (χ3v) is 11.7. The molecular weight excluding hydrogens is 699 g/mol. The standard InChI is InChI=1S/C32H31F9N2O3S.ClH/c33-23-8-10-25(11-9-23)47(44,45)29(14-12-24(13-15-29)43-18-16-42-17-19-43)21-4-6-22(7-5-21)30(31(36,37)38,32(39,40)41)46-20-26-27(34)2-1-3-28(26)35;/h1-11,24,42H,12-20H2;1H. The summed E-state index contributed by atoms with van der Waals surface area (Å²) in [4.78, 5) is 1.96. The third-order valence-electron chi connectivity index (χ3n) is 9.18. The summed E-state index contributed by atoms with van der Waals surface area (Å²) in [6.45, 7) is 1.22. The minimum Gasteiger partial charge on any atom is -0.349 e. The van der Waals surface area contributed by atoms with Crippen LogP contribution in [0.2, 0.25) is 0 Å². The Hall–Kier alpha value is -2.85. The molecular formula is C32H32ClF9N2O3S. The number of halogens is 10. The molecule has 0 aromatic heterocycles. The van der Waals surface area contributed by atoms with Crippen molar-refractivity contribution in [1.29, 1.82) is 0 Å². The molecule has 1 saturated carbocycles. The van der Waals surface area contributed by atoms with Crippen molar-refractivity contribution in [1.82, 2.24) is 10.2 Å². The van der Waals surface area contributed by atoms with Crippen molar-refractivity contribution < 1.29 is 52.7 Å². The summed E-state index contributed by atoms with van der Waals surface area (Å²) < 4.78 is 160. The maximum atomic E-state index is 14.5. The van der Waals surface area contributed by atoms with E-state index in [-0.39, 0.29) is 41.7 Å². The van der Waals surface area contributed by atoms with E-state index in [0.717, 1.165) is 68.6 Å². The first-order valence-electron chi connectivity index (χ1n) is 14.8. The van der Waals surface area contributed by atoms with Crippen molar-refractivity contribution in [3.8, 4) is 0 Å². The van der Waals surface area contributed by atoms with Gasteiger partial charge in [0.05, 0.1) is 11.5 Å². The number of benzene rings is 3. The van der Waals surface area contributed by atoms with Gasteiger partial charge in [-0.25, -0.2) is 21.6 Å². The van der Waals surface area contributed by atoms with E-state index in [2.05, 4.69) is 15.0 Å². The molecule has 3 aromatic rings. The van der Waals surface area contributed by atoms with Crippen LogP contribution in [-0.4, -0.2) is 57.9 Å². The molecule has 264 valence electrons. The molecule has 1 saturated heterocycles. The lowest BCUT2D eigenvalue weighted by Crippen LogP contribution is -2.56. The first kappa shape index (κ1) is 38.0. The molecule has 0 bridgehead atoms. The topological polar surface area (TPSA) is 58.6 Å². The lowest BCUT2D eigenvalue weighted by molar-refractivity contribution is -0.392. The maximum Gasteiger partial charge on any atom is 0.430 e. The maximum absolute atomic E-state index is 14.5. The van der Waals surface area contributed by atoms with Crippen molar-refractivity contribution in [2.24, 2.45) is 0 Å². The number of sulfone groups is 1. The van der Waals surface area contributed by atoms with E-state index in [1.165, 1.54) is 0 Å². The van der Waals surface area contributed by atoms with Crippen molar-refractivity contribution in [2.45, 2.75) is 65.9 Å². The number of hydrogen-bond acceptors (Lipinski definition) is 5. The summed E-state index contributed by atoms with van der Waals surface area (Å²) in [6.07, 6.45) is -11.6. The molecule has 5 rings (SSSR count). The molecule has 0 radical (unpaired) electrons. The highest BCUT2D eigenvalue weighted by atomic mass is 35.5. The van der Waals surface area contributed by atoms with E-state index in [0.29, 0.717) is 37.1 Å². The molecule has 0 amide bonds. The second-order valence-corrected chi connectivity index (χ2v) is 14.0. The molecule has 5 nitrogen and oxygen atoms in total. The molecule has 1 N–H and O–H groups in total. The molecule has 0 atom stereocenters. The highest BCUT2D eigenvalue weighted by Gasteiger charge is 2.73. The van der Waals surface area contributed by atoms with Gasteiger partial charge in [-0.3, -0.25) is 4.90 Å². The van der Waals surface area contributed by atoms with Crippen LogP contribution in [0.5, 0.6) is 0 Å². The minimum atomic E-state index is -6.16. The number of hydrogen-bond donors (Lipinski definition) is 1. The molecule has 0 unspecified atom stereocenters. The number of piperazine rings is 1. The summed E-state index contributed by atoms with van der Waals surface area (Å²) in [7, 11) is -4.37. The molecule has 2 fully saturated rings. The lowest BCUT2D eigenvalue weighted by atomic mass is 9.79. The Morgan fingerprint density at radius 3 is 1.81 bits per heavy atom. The van der Waals surface area contributed by atoms with Crippen LogP contribution >= 0.6 is 12.4 Å². The highest BCUT2D eigenvalue weighted by Crippen LogP contribution is 2.54. The van der Waals surface area contributed by atoms with E-state index in [9.17, 15) is 47.9 Å². The first-order valence-corrected chi connectivity index (χ1v) is 16.3. The molecule has 1 aliphatic heterocycles. The summed E-state index contributed by atoms with van der Waals surface area (Å²) >= 11 is 0. The fourth-order valence-corrected chi connectivity index (χ4v) is 8.79. The zero-order valence-corrected chi connectivity index (χ0v) is 26.8. The van der Waals surface area contributed by atoms with E-state index in [1.54, 1.807) is 0 Å². The Balaban J connectivity index is 0.00000520. The Labute approximate surface area is 277 Å². The monoisotopic (exact) mass is 730 g/mol. The Morgan fingerprint density at radius 2 is 1.31 bits per heavy atom. The first-order chi connectivity index (χ1) is 22.0. The SMILES string of the molecule is Cl.O=S(=O)(c1ccc(F)cc1)C1(c2ccc(C(OCc3c(F)cccc3F)(C(F)(F)F)C(F)(F)F)cc2)CCC(N2CCNCC2)CC1. The quantitative estimate of drug-likeness (QED) is 0.192. The number of nitrogens with one attached hydrogen (secondary N) is 1. The van der Waals surface area contributed by atoms with E-state index >= 15 is 0 Å². The van der Waals surface area contributed by atoms with Gasteiger partial charge in [0.15, 0.2) is 9.84 Å². The van der Waals surface area contributed by atoms with Crippen LogP contribution in [0.1, 0.15) is 42.4 Å². The van der Waals surface area contributed by atoms with Gasteiger partial charge in [-0.05, 0) is 67.6 Å². The van der Waals surface area contributed by atoms with Crippen LogP contribution in [0.3, 0.4) is 0 Å². The van der Waals surface area contributed by atoms with Crippen LogP contribution in [0, 0.1) is 17.5 Å². The van der Waals surface area contributed by atoms with Crippen molar-refractivity contribution in [2.75, 3.05) is 26.2 Å². The molecule has 3 aromatic carbocycles. The van der Waals surface area contributed by atoms with Crippen LogP contribution in [0.4, 0.5) is 39.5 Å². The summed E-state index contributed by atoms with van der Waals surface area (Å²) in [5, 5.41) is 3.23. The van der Waals surface area contributed by atoms with Gasteiger partial charge >= 0.3 is 12.4 Å². The lowest BCUT2D eigenvalue weighted by Gasteiger charge is -2.44. The average molecular weight is 731 g/mol. The predicted molar refractivity (Wildman–Crippen MR) is 161 cm³/mol. The summed E-state index contributed by atoms with van der Waals surface area (Å²) in [5.74, 6) is -3.50. The number of nitrogens with zero attached hydrogens (tertiary/aromatic N) is 1. The van der Waals surface area contributed by atoms with Gasteiger partial charge in [-0.2, -0.15) is 26.3 Å². The van der Waals surface area contributed by atoms with E-state index in [1.807, 2.05) is 0 Å². The minimum absolute atomic E-state index is 0.